The number of pyridine rings is 1. The summed E-state index contributed by atoms with van der Waals surface area (Å²) < 4.78 is 1.65. The lowest BCUT2D eigenvalue weighted by atomic mass is 9.96. The molecule has 0 spiro atoms. The Hall–Kier alpha value is -2.90. The molecule has 0 bridgehead atoms. The van der Waals surface area contributed by atoms with E-state index in [-0.39, 0.29) is 5.91 Å². The average Bonchev–Trinajstić information content (AvgIpc) is 3.12. The van der Waals surface area contributed by atoms with Crippen LogP contribution in [0.25, 0.3) is 0 Å². The molecule has 0 radical (unpaired) electrons. The number of nitrogens with zero attached hydrogens (tertiary/aromatic N) is 4. The maximum atomic E-state index is 13.2. The van der Waals surface area contributed by atoms with Crippen molar-refractivity contribution in [2.45, 2.75) is 13.0 Å². The fourth-order valence-electron chi connectivity index (χ4n) is 3.01. The second-order valence-corrected chi connectivity index (χ2v) is 6.80. The number of hydrogen-bond acceptors (Lipinski definition) is 5. The van der Waals surface area contributed by atoms with Gasteiger partial charge in [0.1, 0.15) is 12.4 Å². The van der Waals surface area contributed by atoms with Crippen molar-refractivity contribution in [2.24, 2.45) is 0 Å². The standard InChI is InChI=1S/C18H14Cl2N6O/c1-10-15(17(27)25-14-7-12(19)4-5-13(14)20)16(11-3-2-6-21-8-11)26-18(24-10)22-9-23-26/h2-9,16H,1H3,(H,25,27)(H,22,23,24)/t16-/m0/s1. The third-order valence-electron chi connectivity index (χ3n) is 4.22. The molecule has 3 heterocycles. The van der Waals surface area contributed by atoms with Crippen LogP contribution in [0.1, 0.15) is 18.5 Å². The van der Waals surface area contributed by atoms with Crippen molar-refractivity contribution in [3.05, 3.63) is 75.9 Å². The lowest BCUT2D eigenvalue weighted by molar-refractivity contribution is -0.113. The number of hydrogen-bond donors (Lipinski definition) is 2. The summed E-state index contributed by atoms with van der Waals surface area (Å²) in [7, 11) is 0. The molecule has 1 amide bonds. The first-order chi connectivity index (χ1) is 13.0. The smallest absolute Gasteiger partial charge is 0.255 e. The van der Waals surface area contributed by atoms with Gasteiger partial charge in [-0.1, -0.05) is 29.3 Å². The summed E-state index contributed by atoms with van der Waals surface area (Å²) >= 11 is 12.2. The highest BCUT2D eigenvalue weighted by Crippen LogP contribution is 2.35. The fraction of sp³-hybridized carbons (Fsp3) is 0.111. The lowest BCUT2D eigenvalue weighted by Crippen LogP contribution is -2.31. The number of benzene rings is 1. The van der Waals surface area contributed by atoms with E-state index < -0.39 is 6.04 Å². The predicted octanol–water partition coefficient (Wildman–Crippen LogP) is 3.91. The van der Waals surface area contributed by atoms with E-state index in [0.29, 0.717) is 33.0 Å². The first kappa shape index (κ1) is 17.5. The molecule has 136 valence electrons. The van der Waals surface area contributed by atoms with Gasteiger partial charge >= 0.3 is 0 Å². The number of nitrogens with one attached hydrogen (secondary N) is 2. The van der Waals surface area contributed by atoms with Gasteiger partial charge in [-0.25, -0.2) is 4.68 Å². The number of halogens is 2. The SMILES string of the molecule is CC1=C(C(=O)Nc2cc(Cl)ccc2Cl)[C@H](c2cccnc2)n2ncnc2N1. The lowest BCUT2D eigenvalue weighted by Gasteiger charge is -2.28. The third-order valence-corrected chi connectivity index (χ3v) is 4.78. The maximum Gasteiger partial charge on any atom is 0.255 e. The summed E-state index contributed by atoms with van der Waals surface area (Å²) in [6.07, 6.45) is 4.82. The van der Waals surface area contributed by atoms with Crippen molar-refractivity contribution in [1.29, 1.82) is 0 Å². The van der Waals surface area contributed by atoms with Crippen molar-refractivity contribution < 1.29 is 4.79 Å². The number of aromatic nitrogens is 4. The first-order valence-corrected chi connectivity index (χ1v) is 8.84. The van der Waals surface area contributed by atoms with E-state index in [1.807, 2.05) is 19.1 Å². The van der Waals surface area contributed by atoms with Gasteiger partial charge in [0, 0.05) is 23.1 Å². The van der Waals surface area contributed by atoms with Crippen LogP contribution in [0.2, 0.25) is 10.0 Å². The Kier molecular flexibility index (Phi) is 4.55. The first-order valence-electron chi connectivity index (χ1n) is 8.08. The Bertz CT molecular complexity index is 1050. The van der Waals surface area contributed by atoms with E-state index in [9.17, 15) is 4.79 Å². The molecule has 0 fully saturated rings. The van der Waals surface area contributed by atoms with Crippen LogP contribution in [0.15, 0.2) is 60.3 Å². The van der Waals surface area contributed by atoms with Crippen LogP contribution in [0.3, 0.4) is 0 Å². The number of amides is 1. The third kappa shape index (κ3) is 3.27. The summed E-state index contributed by atoms with van der Waals surface area (Å²) in [4.78, 5) is 21.5. The molecule has 4 rings (SSSR count). The van der Waals surface area contributed by atoms with Crippen LogP contribution in [-0.4, -0.2) is 25.7 Å². The van der Waals surface area contributed by atoms with Crippen LogP contribution in [0.5, 0.6) is 0 Å². The number of carbonyl (C=O) groups is 1. The van der Waals surface area contributed by atoms with Crippen LogP contribution in [0.4, 0.5) is 11.6 Å². The van der Waals surface area contributed by atoms with Crippen LogP contribution in [-0.2, 0) is 4.79 Å². The van der Waals surface area contributed by atoms with E-state index in [4.69, 9.17) is 23.2 Å². The highest BCUT2D eigenvalue weighted by atomic mass is 35.5. The largest absolute Gasteiger partial charge is 0.328 e. The van der Waals surface area contributed by atoms with Gasteiger partial charge in [0.15, 0.2) is 0 Å². The van der Waals surface area contributed by atoms with Crippen LogP contribution >= 0.6 is 23.2 Å². The van der Waals surface area contributed by atoms with Crippen molar-refractivity contribution in [1.82, 2.24) is 19.7 Å². The van der Waals surface area contributed by atoms with Crippen molar-refractivity contribution in [3.8, 4) is 0 Å². The molecule has 0 aliphatic carbocycles. The maximum absolute atomic E-state index is 13.2. The van der Waals surface area contributed by atoms with Crippen LogP contribution in [0, 0.1) is 0 Å². The fourth-order valence-corrected chi connectivity index (χ4v) is 3.35. The Balaban J connectivity index is 1.77. The van der Waals surface area contributed by atoms with Crippen molar-refractivity contribution in [3.63, 3.8) is 0 Å². The molecule has 0 saturated heterocycles. The van der Waals surface area contributed by atoms with Crippen molar-refractivity contribution in [2.75, 3.05) is 10.6 Å². The monoisotopic (exact) mass is 400 g/mol. The summed E-state index contributed by atoms with van der Waals surface area (Å²) in [6.45, 7) is 1.82. The minimum absolute atomic E-state index is 0.320. The summed E-state index contributed by atoms with van der Waals surface area (Å²) in [5.41, 5.74) is 2.40. The Labute approximate surface area is 165 Å². The van der Waals surface area contributed by atoms with Gasteiger partial charge in [-0.2, -0.15) is 10.1 Å². The molecule has 27 heavy (non-hydrogen) atoms. The molecule has 2 N–H and O–H groups in total. The molecule has 1 aliphatic rings. The number of fused-ring (bicyclic) bond motifs is 1. The summed E-state index contributed by atoms with van der Waals surface area (Å²) in [6, 6.07) is 8.12. The van der Waals surface area contributed by atoms with E-state index in [0.717, 1.165) is 5.56 Å². The van der Waals surface area contributed by atoms with Gasteiger partial charge in [-0.15, -0.1) is 0 Å². The van der Waals surface area contributed by atoms with Gasteiger partial charge < -0.3 is 10.6 Å². The summed E-state index contributed by atoms with van der Waals surface area (Å²) in [5, 5.41) is 11.1. The Morgan fingerprint density at radius 1 is 1.30 bits per heavy atom. The molecule has 0 saturated carbocycles. The highest BCUT2D eigenvalue weighted by molar-refractivity contribution is 6.35. The molecule has 9 heteroatoms. The number of rotatable bonds is 3. The molecular formula is C18H14Cl2N6O. The van der Waals surface area contributed by atoms with Crippen molar-refractivity contribution >= 4 is 40.7 Å². The molecule has 2 aromatic heterocycles. The second-order valence-electron chi connectivity index (χ2n) is 5.96. The Morgan fingerprint density at radius 3 is 2.93 bits per heavy atom. The van der Waals surface area contributed by atoms with E-state index in [1.54, 1.807) is 35.3 Å². The number of anilines is 2. The Morgan fingerprint density at radius 2 is 2.15 bits per heavy atom. The number of carbonyl (C=O) groups excluding carboxylic acids is 1. The normalized spacial score (nSPS) is 15.9. The van der Waals surface area contributed by atoms with Gasteiger partial charge in [0.05, 0.1) is 16.3 Å². The molecule has 1 aliphatic heterocycles. The summed E-state index contributed by atoms with van der Waals surface area (Å²) in [5.74, 6) is 0.234. The minimum Gasteiger partial charge on any atom is -0.328 e. The zero-order valence-electron chi connectivity index (χ0n) is 14.1. The van der Waals surface area contributed by atoms with Gasteiger partial charge in [-0.05, 0) is 36.8 Å². The quantitative estimate of drug-likeness (QED) is 0.695. The second kappa shape index (κ2) is 7.02. The molecule has 1 aromatic carbocycles. The number of allylic oxidation sites excluding steroid dienone is 1. The molecular weight excluding hydrogens is 387 g/mol. The van der Waals surface area contributed by atoms with Gasteiger partial charge in [0.2, 0.25) is 5.95 Å². The zero-order valence-corrected chi connectivity index (χ0v) is 15.7. The van der Waals surface area contributed by atoms with E-state index in [1.165, 1.54) is 6.33 Å². The van der Waals surface area contributed by atoms with Crippen LogP contribution < -0.4 is 10.6 Å². The van der Waals surface area contributed by atoms with E-state index in [2.05, 4.69) is 25.7 Å². The molecule has 3 aromatic rings. The zero-order chi connectivity index (χ0) is 19.0. The van der Waals surface area contributed by atoms with Gasteiger partial charge in [-0.3, -0.25) is 9.78 Å². The molecule has 1 atom stereocenters. The predicted molar refractivity (Wildman–Crippen MR) is 104 cm³/mol. The average molecular weight is 401 g/mol. The molecule has 0 unspecified atom stereocenters. The van der Waals surface area contributed by atoms with Gasteiger partial charge in [0.25, 0.3) is 5.91 Å². The minimum atomic E-state index is -0.476. The highest BCUT2D eigenvalue weighted by Gasteiger charge is 2.33. The molecule has 7 nitrogen and oxygen atoms in total. The van der Waals surface area contributed by atoms with E-state index >= 15 is 0 Å². The topological polar surface area (TPSA) is 84.7 Å².